The molecule has 2 aromatic rings. The summed E-state index contributed by atoms with van der Waals surface area (Å²) in [6.45, 7) is 0. The van der Waals surface area contributed by atoms with E-state index in [1.54, 1.807) is 7.05 Å². The van der Waals surface area contributed by atoms with Gasteiger partial charge in [-0.15, -0.1) is 5.10 Å². The lowest BCUT2D eigenvalue weighted by Gasteiger charge is -2.17. The number of amides is 1. The molecule has 1 amide bonds. The van der Waals surface area contributed by atoms with Crippen molar-refractivity contribution in [1.82, 2.24) is 14.5 Å². The van der Waals surface area contributed by atoms with Crippen LogP contribution >= 0.6 is 0 Å². The van der Waals surface area contributed by atoms with Gasteiger partial charge in [0.15, 0.2) is 0 Å². The number of sulfonamides is 1. The van der Waals surface area contributed by atoms with Gasteiger partial charge in [-0.25, -0.2) is 8.42 Å². The van der Waals surface area contributed by atoms with Gasteiger partial charge in [-0.05, 0) is 49.9 Å². The van der Waals surface area contributed by atoms with Gasteiger partial charge in [0.1, 0.15) is 0 Å². The van der Waals surface area contributed by atoms with Crippen LogP contribution in [-0.4, -0.2) is 41.9 Å². The van der Waals surface area contributed by atoms with E-state index >= 15 is 0 Å². The number of carbonyl (C=O) groups excluding carboxylic acids is 1. The highest BCUT2D eigenvalue weighted by Gasteiger charge is 2.35. The molecule has 0 bridgehead atoms. The van der Waals surface area contributed by atoms with Crippen LogP contribution in [0.4, 0.5) is 6.01 Å². The van der Waals surface area contributed by atoms with Crippen LogP contribution in [0, 0.1) is 0 Å². The lowest BCUT2D eigenvalue weighted by atomic mass is 9.89. The Morgan fingerprint density at radius 2 is 1.75 bits per heavy atom. The first kappa shape index (κ1) is 19.1. The van der Waals surface area contributed by atoms with Crippen LogP contribution in [0.25, 0.3) is 0 Å². The van der Waals surface area contributed by atoms with Gasteiger partial charge in [0, 0.05) is 24.6 Å². The zero-order valence-corrected chi connectivity index (χ0v) is 16.6. The average Bonchev–Trinajstić information content (AvgIpc) is 3.46. The molecule has 9 heteroatoms. The van der Waals surface area contributed by atoms with E-state index in [2.05, 4.69) is 15.5 Å². The van der Waals surface area contributed by atoms with E-state index in [1.165, 1.54) is 35.0 Å². The van der Waals surface area contributed by atoms with Gasteiger partial charge in [0.2, 0.25) is 15.9 Å². The van der Waals surface area contributed by atoms with E-state index in [4.69, 9.17) is 4.42 Å². The number of carbonyl (C=O) groups is 1. The molecule has 2 aliphatic rings. The Labute approximate surface area is 164 Å². The predicted molar refractivity (Wildman–Crippen MR) is 102 cm³/mol. The fraction of sp³-hybridized carbons (Fsp3) is 0.526. The highest BCUT2D eigenvalue weighted by atomic mass is 32.2. The van der Waals surface area contributed by atoms with Crippen molar-refractivity contribution in [3.05, 3.63) is 35.7 Å². The highest BCUT2D eigenvalue weighted by molar-refractivity contribution is 7.89. The van der Waals surface area contributed by atoms with Gasteiger partial charge < -0.3 is 4.42 Å². The van der Waals surface area contributed by atoms with Gasteiger partial charge in [-0.3, -0.25) is 10.1 Å². The minimum absolute atomic E-state index is 0.0655. The second kappa shape index (κ2) is 7.63. The molecular weight excluding hydrogens is 380 g/mol. The maximum absolute atomic E-state index is 12.5. The summed E-state index contributed by atoms with van der Waals surface area (Å²) in [6, 6.07) is 6.02. The molecule has 2 saturated carbocycles. The number of nitrogens with one attached hydrogen (secondary N) is 1. The van der Waals surface area contributed by atoms with Crippen molar-refractivity contribution < 1.29 is 17.6 Å². The normalized spacial score (nSPS) is 18.4. The van der Waals surface area contributed by atoms with E-state index in [0.29, 0.717) is 11.5 Å². The average molecular weight is 404 g/mol. The van der Waals surface area contributed by atoms with Crippen LogP contribution in [0.15, 0.2) is 33.6 Å². The van der Waals surface area contributed by atoms with Crippen LogP contribution in [0.2, 0.25) is 0 Å². The molecule has 150 valence electrons. The van der Waals surface area contributed by atoms with Crippen molar-refractivity contribution in [3.63, 3.8) is 0 Å². The molecule has 2 fully saturated rings. The quantitative estimate of drug-likeness (QED) is 0.793. The van der Waals surface area contributed by atoms with Crippen LogP contribution in [0.3, 0.4) is 0 Å². The van der Waals surface area contributed by atoms with Crippen molar-refractivity contribution in [2.24, 2.45) is 0 Å². The summed E-state index contributed by atoms with van der Waals surface area (Å²) >= 11 is 0. The fourth-order valence-corrected chi connectivity index (χ4v) is 4.96. The molecule has 0 radical (unpaired) electrons. The molecular formula is C19H24N4O4S. The summed E-state index contributed by atoms with van der Waals surface area (Å²) in [5.41, 5.74) is 0.324. The first-order valence-corrected chi connectivity index (χ1v) is 11.1. The molecule has 0 unspecified atom stereocenters. The van der Waals surface area contributed by atoms with Gasteiger partial charge in [-0.2, -0.15) is 4.31 Å². The molecule has 4 rings (SSSR count). The van der Waals surface area contributed by atoms with E-state index in [9.17, 15) is 13.2 Å². The van der Waals surface area contributed by atoms with Gasteiger partial charge in [-0.1, -0.05) is 24.4 Å². The third-order valence-electron chi connectivity index (χ3n) is 5.47. The molecule has 28 heavy (non-hydrogen) atoms. The maximum atomic E-state index is 12.5. The summed E-state index contributed by atoms with van der Waals surface area (Å²) in [5, 5.41) is 10.6. The maximum Gasteiger partial charge on any atom is 0.322 e. The van der Waals surface area contributed by atoms with E-state index in [-0.39, 0.29) is 22.9 Å². The number of aromatic nitrogens is 2. The largest absolute Gasteiger partial charge is 0.408 e. The predicted octanol–water partition coefficient (Wildman–Crippen LogP) is 3.15. The number of hydrogen-bond donors (Lipinski definition) is 1. The van der Waals surface area contributed by atoms with E-state index in [1.807, 2.05) is 0 Å². The smallest absolute Gasteiger partial charge is 0.322 e. The number of anilines is 1. The summed E-state index contributed by atoms with van der Waals surface area (Å²) in [6.07, 6.45) is 7.38. The van der Waals surface area contributed by atoms with E-state index < -0.39 is 15.9 Å². The van der Waals surface area contributed by atoms with Gasteiger partial charge in [0.25, 0.3) is 5.91 Å². The molecule has 1 aromatic heterocycles. The molecule has 0 atom stereocenters. The van der Waals surface area contributed by atoms with Gasteiger partial charge >= 0.3 is 6.01 Å². The lowest BCUT2D eigenvalue weighted by molar-refractivity contribution is 0.102. The summed E-state index contributed by atoms with van der Waals surface area (Å²) in [7, 11) is -1.94. The third-order valence-corrected chi connectivity index (χ3v) is 7.39. The van der Waals surface area contributed by atoms with Crippen LogP contribution in [0.1, 0.15) is 67.1 Å². The molecule has 1 aromatic carbocycles. The monoisotopic (exact) mass is 404 g/mol. The van der Waals surface area contributed by atoms with Crippen LogP contribution < -0.4 is 5.32 Å². The molecule has 2 aliphatic carbocycles. The number of nitrogens with zero attached hydrogens (tertiary/aromatic N) is 3. The Morgan fingerprint density at radius 3 is 2.39 bits per heavy atom. The first-order valence-electron chi connectivity index (χ1n) is 9.68. The second-order valence-electron chi connectivity index (χ2n) is 7.51. The Hall–Kier alpha value is -2.26. The molecule has 8 nitrogen and oxygen atoms in total. The fourth-order valence-electron chi connectivity index (χ4n) is 3.55. The second-order valence-corrected chi connectivity index (χ2v) is 9.51. The van der Waals surface area contributed by atoms with Gasteiger partial charge in [0.05, 0.1) is 4.90 Å². The SMILES string of the molecule is CN(C1CC1)S(=O)(=O)c1ccc(C(=O)Nc2nnc(C3CCCCC3)o2)cc1. The Morgan fingerprint density at radius 1 is 1.07 bits per heavy atom. The minimum atomic E-state index is -3.53. The number of benzene rings is 1. The third kappa shape index (κ3) is 3.95. The lowest BCUT2D eigenvalue weighted by Crippen LogP contribution is -2.29. The molecule has 1 heterocycles. The molecule has 0 spiro atoms. The van der Waals surface area contributed by atoms with Crippen molar-refractivity contribution in [2.45, 2.75) is 61.8 Å². The number of hydrogen-bond acceptors (Lipinski definition) is 6. The summed E-state index contributed by atoms with van der Waals surface area (Å²) < 4.78 is 32.1. The topological polar surface area (TPSA) is 105 Å². The van der Waals surface area contributed by atoms with Crippen molar-refractivity contribution in [2.75, 3.05) is 12.4 Å². The molecule has 0 saturated heterocycles. The van der Waals surface area contributed by atoms with Crippen molar-refractivity contribution in [1.29, 1.82) is 0 Å². The Bertz CT molecular complexity index is 945. The molecule has 0 aliphatic heterocycles. The Kier molecular flexibility index (Phi) is 5.20. The van der Waals surface area contributed by atoms with Crippen molar-refractivity contribution in [3.8, 4) is 0 Å². The summed E-state index contributed by atoms with van der Waals surface area (Å²) in [5.74, 6) is 0.415. The summed E-state index contributed by atoms with van der Waals surface area (Å²) in [4.78, 5) is 12.6. The zero-order chi connectivity index (χ0) is 19.7. The molecule has 1 N–H and O–H groups in total. The Balaban J connectivity index is 1.42. The van der Waals surface area contributed by atoms with Crippen molar-refractivity contribution >= 4 is 21.9 Å². The zero-order valence-electron chi connectivity index (χ0n) is 15.8. The number of rotatable bonds is 6. The van der Waals surface area contributed by atoms with E-state index in [0.717, 1.165) is 38.5 Å². The standard InChI is InChI=1S/C19H24N4O4S/c1-23(15-9-10-15)28(25,26)16-11-7-13(8-12-16)17(24)20-19-22-21-18(27-19)14-5-3-2-4-6-14/h7-8,11-12,14-15H,2-6,9-10H2,1H3,(H,20,22,24). The first-order chi connectivity index (χ1) is 13.4. The van der Waals surface area contributed by atoms with Crippen LogP contribution in [-0.2, 0) is 10.0 Å². The van der Waals surface area contributed by atoms with Crippen LogP contribution in [0.5, 0.6) is 0 Å². The minimum Gasteiger partial charge on any atom is -0.408 e. The highest BCUT2D eigenvalue weighted by Crippen LogP contribution is 2.32.